The quantitative estimate of drug-likeness (QED) is 0.0269. The lowest BCUT2D eigenvalue weighted by atomic mass is 10.0. The van der Waals surface area contributed by atoms with Gasteiger partial charge in [0.25, 0.3) is 0 Å². The zero-order chi connectivity index (χ0) is 37.9. The number of ether oxygens (including phenoxy) is 2. The monoisotopic (exact) mass is 718 g/mol. The van der Waals surface area contributed by atoms with Gasteiger partial charge in [-0.3, -0.25) is 4.79 Å². The van der Waals surface area contributed by atoms with E-state index in [0.717, 1.165) is 61.5 Å². The van der Waals surface area contributed by atoms with Crippen molar-refractivity contribution in [3.05, 3.63) is 124 Å². The fraction of sp³-hybridized carbons (Fsp3) is 0.186. The highest BCUT2D eigenvalue weighted by atomic mass is 17.2. The highest BCUT2D eigenvalue weighted by molar-refractivity contribution is 6.19. The molecule has 1 aliphatic carbocycles. The van der Waals surface area contributed by atoms with Crippen LogP contribution < -0.4 is 35.3 Å². The maximum Gasteiger partial charge on any atom is 0.190 e. The Morgan fingerprint density at radius 1 is 0.852 bits per heavy atom. The van der Waals surface area contributed by atoms with Crippen LogP contribution in [-0.4, -0.2) is 53.7 Å². The number of hydrogen-bond acceptors (Lipinski definition) is 10. The molecular formula is C43H39BN4O6. The van der Waals surface area contributed by atoms with Gasteiger partial charge < -0.3 is 28.6 Å². The van der Waals surface area contributed by atoms with Crippen LogP contribution in [0.2, 0.25) is 0 Å². The Bertz CT molecular complexity index is 2680. The summed E-state index contributed by atoms with van der Waals surface area (Å²) >= 11 is 0. The summed E-state index contributed by atoms with van der Waals surface area (Å²) in [4.78, 5) is 35.8. The molecule has 2 heterocycles. The zero-order valence-electron chi connectivity index (χ0n) is 30.7. The minimum Gasteiger partial charge on any atom is -0.494 e. The fourth-order valence-electron chi connectivity index (χ4n) is 6.20. The lowest BCUT2D eigenvalue weighted by molar-refractivity contribution is -0.251. The van der Waals surface area contributed by atoms with Gasteiger partial charge in [-0.1, -0.05) is 44.3 Å². The minimum absolute atomic E-state index is 0.0300. The van der Waals surface area contributed by atoms with Crippen LogP contribution in [0.25, 0.3) is 50.7 Å². The normalized spacial score (nSPS) is 11.6. The molecule has 5 aromatic carbocycles. The van der Waals surface area contributed by atoms with Crippen LogP contribution >= 0.6 is 0 Å². The van der Waals surface area contributed by atoms with Gasteiger partial charge in [-0.05, 0) is 65.6 Å². The molecule has 0 unspecified atom stereocenters. The van der Waals surface area contributed by atoms with Crippen molar-refractivity contribution in [1.82, 2.24) is 4.98 Å². The average molecular weight is 719 g/mol. The lowest BCUT2D eigenvalue weighted by Gasteiger charge is -2.22. The van der Waals surface area contributed by atoms with Gasteiger partial charge in [0, 0.05) is 73.4 Å². The van der Waals surface area contributed by atoms with Crippen LogP contribution in [0, 0.1) is 0 Å². The van der Waals surface area contributed by atoms with Crippen molar-refractivity contribution < 1.29 is 23.7 Å². The summed E-state index contributed by atoms with van der Waals surface area (Å²) in [6.07, 6.45) is 0.923. The van der Waals surface area contributed by atoms with Crippen molar-refractivity contribution in [2.75, 3.05) is 50.7 Å². The second-order valence-corrected chi connectivity index (χ2v) is 13.1. The van der Waals surface area contributed by atoms with E-state index in [4.69, 9.17) is 41.5 Å². The van der Waals surface area contributed by atoms with Crippen molar-refractivity contribution in [3.8, 4) is 28.7 Å². The molecule has 0 saturated heterocycles. The molecule has 270 valence electrons. The van der Waals surface area contributed by atoms with E-state index in [1.54, 1.807) is 6.07 Å². The Morgan fingerprint density at radius 3 is 2.43 bits per heavy atom. The summed E-state index contributed by atoms with van der Waals surface area (Å²) in [7, 11) is 11.2. The van der Waals surface area contributed by atoms with E-state index >= 15 is 0 Å². The molecule has 2 radical (unpaired) electrons. The van der Waals surface area contributed by atoms with E-state index in [1.807, 2.05) is 110 Å². The Morgan fingerprint density at radius 2 is 1.65 bits per heavy atom. The van der Waals surface area contributed by atoms with Crippen molar-refractivity contribution in [2.24, 2.45) is 4.99 Å². The van der Waals surface area contributed by atoms with E-state index < -0.39 is 0 Å². The highest BCUT2D eigenvalue weighted by Crippen LogP contribution is 2.37. The molecule has 0 aromatic heterocycles. The molecule has 0 N–H and O–H groups in total. The van der Waals surface area contributed by atoms with Crippen molar-refractivity contribution >= 4 is 64.1 Å². The van der Waals surface area contributed by atoms with Crippen molar-refractivity contribution in [3.63, 3.8) is 0 Å². The second-order valence-electron chi connectivity index (χ2n) is 13.1. The van der Waals surface area contributed by atoms with Crippen molar-refractivity contribution in [1.29, 1.82) is 0 Å². The molecule has 0 atom stereocenters. The topological polar surface area (TPSA) is 98.9 Å². The van der Waals surface area contributed by atoms with Crippen LogP contribution in [0.15, 0.2) is 117 Å². The molecule has 11 heteroatoms. The highest BCUT2D eigenvalue weighted by Gasteiger charge is 2.18. The fourth-order valence-corrected chi connectivity index (χ4v) is 6.20. The van der Waals surface area contributed by atoms with Crippen LogP contribution in [0.5, 0.6) is 17.2 Å². The van der Waals surface area contributed by atoms with Gasteiger partial charge in [0.15, 0.2) is 36.1 Å². The molecule has 2 aliphatic heterocycles. The van der Waals surface area contributed by atoms with E-state index in [1.165, 1.54) is 6.07 Å². The molecule has 0 spiro atoms. The maximum atomic E-state index is 12.5. The Balaban J connectivity index is 0.000000167. The number of fused-ring (bicyclic) bond motifs is 8. The maximum absolute atomic E-state index is 12.5. The van der Waals surface area contributed by atoms with E-state index in [9.17, 15) is 4.79 Å². The summed E-state index contributed by atoms with van der Waals surface area (Å²) in [5, 5.41) is 5.24. The van der Waals surface area contributed by atoms with Crippen LogP contribution in [0.1, 0.15) is 13.3 Å². The SMILES string of the molecule is CCCOc1ccc2c(=O)cc3oc4cc(N(C)C)ccc4nc-3c2c1.[B]C(=C)OOCCN(C)c1ccc2c(c1)Oc1cc(=C)c3ccccc3c1=N2. The largest absolute Gasteiger partial charge is 0.494 e. The molecule has 0 bridgehead atoms. The summed E-state index contributed by atoms with van der Waals surface area (Å²) in [5.41, 5.74) is 4.82. The van der Waals surface area contributed by atoms with E-state index in [-0.39, 0.29) is 11.1 Å². The standard InChI is InChI=1S/C22H19BN2O3.C21H20N2O3/c1-14-12-21-22(18-7-5-4-6-17(14)18)24-19-9-8-16(13-20(19)27-21)25(3)10-11-26-28-15(2)23;1-4-9-25-14-6-7-15-16(11-14)21-20(12-18(15)24)26-19-10-13(23(2)3)5-8-17(19)22-21/h4-9,12-13H,1-2,10-11H2,3H3;5-8,10-12H,4,9H2,1-3H3. The van der Waals surface area contributed by atoms with Gasteiger partial charge in [-0.25, -0.2) is 9.98 Å². The average Bonchev–Trinajstić information content (AvgIpc) is 3.17. The van der Waals surface area contributed by atoms with Gasteiger partial charge in [0.1, 0.15) is 34.6 Å². The van der Waals surface area contributed by atoms with Gasteiger partial charge in [-0.2, -0.15) is 4.89 Å². The Labute approximate surface area is 313 Å². The minimum atomic E-state index is -0.0804. The molecule has 0 amide bonds. The third-order valence-electron chi connectivity index (χ3n) is 8.97. The number of anilines is 2. The van der Waals surface area contributed by atoms with Crippen LogP contribution in [-0.2, 0) is 9.78 Å². The summed E-state index contributed by atoms with van der Waals surface area (Å²) in [6, 6.07) is 28.8. The number of aromatic nitrogens is 1. The van der Waals surface area contributed by atoms with Gasteiger partial charge >= 0.3 is 0 Å². The third kappa shape index (κ3) is 7.44. The lowest BCUT2D eigenvalue weighted by Crippen LogP contribution is -2.23. The first-order chi connectivity index (χ1) is 26.1. The second kappa shape index (κ2) is 15.3. The predicted molar refractivity (Wildman–Crippen MR) is 216 cm³/mol. The number of hydrogen-bond donors (Lipinski definition) is 0. The first kappa shape index (κ1) is 36.1. The number of benzene rings is 6. The molecule has 8 rings (SSSR count). The summed E-state index contributed by atoms with van der Waals surface area (Å²) < 4.78 is 17.9. The zero-order valence-corrected chi connectivity index (χ0v) is 30.7. The van der Waals surface area contributed by atoms with Crippen LogP contribution in [0.3, 0.4) is 0 Å². The molecule has 0 saturated carbocycles. The van der Waals surface area contributed by atoms with Crippen molar-refractivity contribution in [2.45, 2.75) is 13.3 Å². The Hall–Kier alpha value is -6.33. The Kier molecular flexibility index (Phi) is 10.2. The molecule has 0 fully saturated rings. The van der Waals surface area contributed by atoms with Gasteiger partial charge in [0.05, 0.1) is 12.3 Å². The van der Waals surface area contributed by atoms with E-state index in [2.05, 4.69) is 20.1 Å². The summed E-state index contributed by atoms with van der Waals surface area (Å²) in [6.45, 7) is 11.2. The van der Waals surface area contributed by atoms with Crippen LogP contribution in [0.4, 0.5) is 17.1 Å². The smallest absolute Gasteiger partial charge is 0.190 e. The molecule has 5 aromatic rings. The first-order valence-corrected chi connectivity index (χ1v) is 17.6. The molecular weight excluding hydrogens is 679 g/mol. The third-order valence-corrected chi connectivity index (χ3v) is 8.97. The first-order valence-electron chi connectivity index (χ1n) is 17.6. The van der Waals surface area contributed by atoms with Gasteiger partial charge in [-0.15, -0.1) is 0 Å². The number of nitrogens with zero attached hydrogens (tertiary/aromatic N) is 4. The van der Waals surface area contributed by atoms with Gasteiger partial charge in [0.2, 0.25) is 0 Å². The molecule has 3 aliphatic rings. The van der Waals surface area contributed by atoms with E-state index in [0.29, 0.717) is 53.7 Å². The summed E-state index contributed by atoms with van der Waals surface area (Å²) in [5.74, 6) is 2.64. The number of likely N-dealkylation sites (N-methyl/N-ethyl adjacent to an activating group) is 1. The number of rotatable bonds is 10. The molecule has 10 nitrogen and oxygen atoms in total. The molecule has 54 heavy (non-hydrogen) atoms. The predicted octanol–water partition coefficient (Wildman–Crippen LogP) is 7.63.